The highest BCUT2D eigenvalue weighted by Gasteiger charge is 2.49. The van der Waals surface area contributed by atoms with Crippen LogP contribution in [-0.4, -0.2) is 30.2 Å². The first-order chi connectivity index (χ1) is 10.2. The van der Waals surface area contributed by atoms with Gasteiger partial charge < -0.3 is 11.1 Å². The van der Waals surface area contributed by atoms with Gasteiger partial charge in [0.05, 0.1) is 12.0 Å². The largest absolute Gasteiger partial charge is 0.391 e. The highest BCUT2D eigenvalue weighted by atomic mass is 19.4. The zero-order valence-corrected chi connectivity index (χ0v) is 12.5. The predicted molar refractivity (Wildman–Crippen MR) is 80.0 cm³/mol. The van der Waals surface area contributed by atoms with Crippen LogP contribution in [0.4, 0.5) is 18.9 Å². The molecular weight excluding hydrogens is 295 g/mol. The summed E-state index contributed by atoms with van der Waals surface area (Å²) < 4.78 is 37.4. The average Bonchev–Trinajstić information content (AvgIpc) is 2.35. The number of hydrogen-bond donors (Lipinski definition) is 3. The van der Waals surface area contributed by atoms with Crippen molar-refractivity contribution in [2.75, 3.05) is 12.4 Å². The average molecular weight is 315 g/mol. The number of nitrogens with one attached hydrogen (secondary N) is 1. The second-order valence-electron chi connectivity index (χ2n) is 5.51. The van der Waals surface area contributed by atoms with E-state index in [1.54, 1.807) is 13.1 Å². The minimum Gasteiger partial charge on any atom is -0.388 e. The molecule has 122 valence electrons. The molecule has 0 heterocycles. The van der Waals surface area contributed by atoms with Gasteiger partial charge in [-0.25, -0.2) is 11.0 Å². The number of halogens is 3. The fourth-order valence-electron chi connectivity index (χ4n) is 2.39. The lowest BCUT2D eigenvalue weighted by Gasteiger charge is -2.39. The van der Waals surface area contributed by atoms with E-state index in [2.05, 4.69) is 10.4 Å². The monoisotopic (exact) mass is 315 g/mol. The van der Waals surface area contributed by atoms with Gasteiger partial charge in [0.15, 0.2) is 5.84 Å². The molecule has 2 rings (SSSR count). The van der Waals surface area contributed by atoms with E-state index in [-0.39, 0.29) is 18.7 Å². The summed E-state index contributed by atoms with van der Waals surface area (Å²) >= 11 is 0. The molecule has 8 heteroatoms. The molecule has 1 aromatic rings. The predicted octanol–water partition coefficient (Wildman–Crippen LogP) is 2.17. The van der Waals surface area contributed by atoms with E-state index in [4.69, 9.17) is 11.6 Å². The molecule has 0 aliphatic heterocycles. The number of alkyl halides is 3. The number of aryl methyl sites for hydroxylation is 1. The SMILES string of the molecule is CNc1cc(/C(N)=N/N(N)C2CC(C(F)(F)F)C2)ccc1C. The van der Waals surface area contributed by atoms with Crippen molar-refractivity contribution in [2.45, 2.75) is 32.0 Å². The van der Waals surface area contributed by atoms with Gasteiger partial charge in [-0.05, 0) is 31.4 Å². The van der Waals surface area contributed by atoms with Crippen LogP contribution in [0, 0.1) is 12.8 Å². The Morgan fingerprint density at radius 1 is 1.36 bits per heavy atom. The first-order valence-corrected chi connectivity index (χ1v) is 6.96. The number of amidine groups is 1. The fraction of sp³-hybridized carbons (Fsp3) is 0.500. The normalized spacial score (nSPS) is 22.2. The maximum absolute atomic E-state index is 12.5. The fourth-order valence-corrected chi connectivity index (χ4v) is 2.39. The van der Waals surface area contributed by atoms with Crippen LogP contribution in [0.25, 0.3) is 0 Å². The summed E-state index contributed by atoms with van der Waals surface area (Å²) in [6.07, 6.45) is -4.26. The number of rotatable bonds is 4. The number of nitrogens with two attached hydrogens (primary N) is 2. The van der Waals surface area contributed by atoms with E-state index in [1.807, 2.05) is 19.1 Å². The first-order valence-electron chi connectivity index (χ1n) is 6.96. The molecule has 1 aromatic carbocycles. The van der Waals surface area contributed by atoms with Gasteiger partial charge in [0.2, 0.25) is 0 Å². The van der Waals surface area contributed by atoms with E-state index in [0.29, 0.717) is 5.56 Å². The Hall–Kier alpha value is -1.96. The quantitative estimate of drug-likeness (QED) is 0.344. The van der Waals surface area contributed by atoms with E-state index < -0.39 is 18.1 Å². The Bertz CT molecular complexity index is 564. The van der Waals surface area contributed by atoms with Crippen molar-refractivity contribution in [3.63, 3.8) is 0 Å². The lowest BCUT2D eigenvalue weighted by molar-refractivity contribution is -0.207. The number of anilines is 1. The minimum absolute atomic E-state index is 0.0492. The molecule has 1 aliphatic rings. The van der Waals surface area contributed by atoms with Gasteiger partial charge in [-0.1, -0.05) is 12.1 Å². The lowest BCUT2D eigenvalue weighted by Crippen LogP contribution is -2.50. The van der Waals surface area contributed by atoms with Crippen molar-refractivity contribution in [3.8, 4) is 0 Å². The van der Waals surface area contributed by atoms with E-state index in [9.17, 15) is 13.2 Å². The molecule has 0 radical (unpaired) electrons. The number of hydrogen-bond acceptors (Lipinski definition) is 4. The molecule has 22 heavy (non-hydrogen) atoms. The molecule has 5 nitrogen and oxygen atoms in total. The van der Waals surface area contributed by atoms with Crippen molar-refractivity contribution in [3.05, 3.63) is 29.3 Å². The zero-order chi connectivity index (χ0) is 16.5. The summed E-state index contributed by atoms with van der Waals surface area (Å²) in [5.74, 6) is 4.59. The zero-order valence-electron chi connectivity index (χ0n) is 12.5. The molecule has 0 saturated heterocycles. The molecule has 0 aromatic heterocycles. The third kappa shape index (κ3) is 3.44. The number of benzene rings is 1. The highest BCUT2D eigenvalue weighted by molar-refractivity contribution is 5.98. The van der Waals surface area contributed by atoms with Crippen molar-refractivity contribution >= 4 is 11.5 Å². The topological polar surface area (TPSA) is 79.7 Å². The van der Waals surface area contributed by atoms with E-state index >= 15 is 0 Å². The van der Waals surface area contributed by atoms with Gasteiger partial charge in [0, 0.05) is 18.3 Å². The van der Waals surface area contributed by atoms with Crippen LogP contribution in [0.3, 0.4) is 0 Å². The van der Waals surface area contributed by atoms with Crippen LogP contribution >= 0.6 is 0 Å². The van der Waals surface area contributed by atoms with Gasteiger partial charge >= 0.3 is 6.18 Å². The van der Waals surface area contributed by atoms with E-state index in [0.717, 1.165) is 16.4 Å². The van der Waals surface area contributed by atoms with Gasteiger partial charge in [-0.3, -0.25) is 0 Å². The summed E-state index contributed by atoms with van der Waals surface area (Å²) in [6, 6.07) is 5.07. The van der Waals surface area contributed by atoms with Crippen LogP contribution in [0.5, 0.6) is 0 Å². The Balaban J connectivity index is 2.03. The Morgan fingerprint density at radius 3 is 2.55 bits per heavy atom. The van der Waals surface area contributed by atoms with Gasteiger partial charge in [0.1, 0.15) is 0 Å². The molecule has 0 spiro atoms. The van der Waals surface area contributed by atoms with Gasteiger partial charge in [-0.15, -0.1) is 5.10 Å². The second kappa shape index (κ2) is 6.04. The van der Waals surface area contributed by atoms with Crippen molar-refractivity contribution < 1.29 is 13.2 Å². The minimum atomic E-state index is -4.16. The lowest BCUT2D eigenvalue weighted by atomic mass is 9.80. The molecule has 1 fully saturated rings. The van der Waals surface area contributed by atoms with Crippen LogP contribution < -0.4 is 16.9 Å². The molecule has 1 saturated carbocycles. The molecule has 1 aliphatic carbocycles. The smallest absolute Gasteiger partial charge is 0.388 e. The molecule has 0 unspecified atom stereocenters. The molecule has 0 atom stereocenters. The Morgan fingerprint density at radius 2 is 2.00 bits per heavy atom. The van der Waals surface area contributed by atoms with Crippen molar-refractivity contribution in [1.29, 1.82) is 0 Å². The second-order valence-corrected chi connectivity index (χ2v) is 5.51. The van der Waals surface area contributed by atoms with Gasteiger partial charge in [-0.2, -0.15) is 13.2 Å². The number of hydrazone groups is 1. The summed E-state index contributed by atoms with van der Waals surface area (Å²) in [5.41, 5.74) is 8.50. The maximum Gasteiger partial charge on any atom is 0.391 e. The number of nitrogens with zero attached hydrogens (tertiary/aromatic N) is 2. The third-order valence-corrected chi connectivity index (χ3v) is 3.98. The Labute approximate surface area is 127 Å². The van der Waals surface area contributed by atoms with Crippen LogP contribution in [-0.2, 0) is 0 Å². The summed E-state index contributed by atoms with van der Waals surface area (Å²) in [6.45, 7) is 1.95. The molecule has 0 amide bonds. The highest BCUT2D eigenvalue weighted by Crippen LogP contribution is 2.42. The van der Waals surface area contributed by atoms with Crippen molar-refractivity contribution in [2.24, 2.45) is 22.6 Å². The Kier molecular flexibility index (Phi) is 4.50. The van der Waals surface area contributed by atoms with Crippen LogP contribution in [0.2, 0.25) is 0 Å². The number of hydrazine groups is 1. The summed E-state index contributed by atoms with van der Waals surface area (Å²) in [7, 11) is 1.79. The van der Waals surface area contributed by atoms with Gasteiger partial charge in [0.25, 0.3) is 0 Å². The van der Waals surface area contributed by atoms with E-state index in [1.165, 1.54) is 0 Å². The maximum atomic E-state index is 12.5. The summed E-state index contributed by atoms with van der Waals surface area (Å²) in [4.78, 5) is 0. The summed E-state index contributed by atoms with van der Waals surface area (Å²) in [5, 5.41) is 8.07. The molecule has 5 N–H and O–H groups in total. The molecular formula is C14H20F3N5. The van der Waals surface area contributed by atoms with Crippen LogP contribution in [0.15, 0.2) is 23.3 Å². The third-order valence-electron chi connectivity index (χ3n) is 3.98. The molecule has 0 bridgehead atoms. The van der Waals surface area contributed by atoms with Crippen molar-refractivity contribution in [1.82, 2.24) is 5.12 Å². The first kappa shape index (κ1) is 16.4. The van der Waals surface area contributed by atoms with Crippen LogP contribution in [0.1, 0.15) is 24.0 Å². The standard InChI is InChI=1S/C14H20F3N5/c1-8-3-4-9(5-12(8)20-2)13(18)21-22(19)11-6-10(7-11)14(15,16)17/h3-5,10-11,20H,6-7,19H2,1-2H3,(H2,18,21).